The van der Waals surface area contributed by atoms with Gasteiger partial charge in [0.2, 0.25) is 11.5 Å². The number of benzene rings is 1. The summed E-state index contributed by atoms with van der Waals surface area (Å²) in [5.74, 6) is 0.0664. The summed E-state index contributed by atoms with van der Waals surface area (Å²) in [5.41, 5.74) is 2.15. The van der Waals surface area contributed by atoms with Crippen LogP contribution in [0.2, 0.25) is 0 Å². The van der Waals surface area contributed by atoms with Gasteiger partial charge < -0.3 is 0 Å². The van der Waals surface area contributed by atoms with E-state index >= 15 is 0 Å². The van der Waals surface area contributed by atoms with Crippen molar-refractivity contribution >= 4 is 43.1 Å². The number of alkyl halides is 2. The third-order valence-electron chi connectivity index (χ3n) is 5.79. The van der Waals surface area contributed by atoms with E-state index < -0.39 is 11.3 Å². The lowest BCUT2D eigenvalue weighted by atomic mass is 10.0. The van der Waals surface area contributed by atoms with Crippen LogP contribution in [0.25, 0.3) is 48.7 Å². The van der Waals surface area contributed by atoms with Gasteiger partial charge in [-0.3, -0.25) is 14.8 Å². The molecule has 0 saturated heterocycles. The normalized spacial score (nSPS) is 11.9. The Morgan fingerprint density at radius 1 is 1.14 bits per heavy atom. The van der Waals surface area contributed by atoms with Crippen LogP contribution in [0, 0.1) is 17.0 Å². The lowest BCUT2D eigenvalue weighted by molar-refractivity contribution is -0.384. The second-order valence-corrected chi connectivity index (χ2v) is 8.83. The maximum atomic E-state index is 13.7. The van der Waals surface area contributed by atoms with E-state index in [1.807, 2.05) is 30.3 Å². The minimum Gasteiger partial charge on any atom is -0.265 e. The molecule has 6 aromatic rings. The van der Waals surface area contributed by atoms with Gasteiger partial charge in [-0.15, -0.1) is 16.4 Å². The number of fused-ring (bicyclic) bond motifs is 5. The zero-order valence-electron chi connectivity index (χ0n) is 18.2. The fourth-order valence-corrected chi connectivity index (χ4v) is 5.21. The van der Waals surface area contributed by atoms with E-state index in [-0.39, 0.29) is 22.9 Å². The molecule has 0 spiro atoms. The number of pyridine rings is 1. The second kappa shape index (κ2) is 7.56. The van der Waals surface area contributed by atoms with Gasteiger partial charge in [-0.05, 0) is 24.1 Å². The van der Waals surface area contributed by atoms with Crippen molar-refractivity contribution in [3.05, 3.63) is 64.2 Å². The smallest absolute Gasteiger partial charge is 0.265 e. The maximum absolute atomic E-state index is 13.7. The van der Waals surface area contributed by atoms with E-state index in [0.29, 0.717) is 37.3 Å². The highest BCUT2D eigenvalue weighted by Crippen LogP contribution is 2.41. The molecule has 0 saturated carbocycles. The third-order valence-corrected chi connectivity index (χ3v) is 6.86. The highest BCUT2D eigenvalue weighted by Gasteiger charge is 2.29. The lowest BCUT2D eigenvalue weighted by Crippen LogP contribution is -1.94. The van der Waals surface area contributed by atoms with Crippen LogP contribution in [0.15, 0.2) is 42.7 Å². The zero-order chi connectivity index (χ0) is 24.4. The molecule has 174 valence electrons. The molecule has 13 heteroatoms. The number of nitro groups is 1. The SMILES string of the molecule is Cc1c([N+](=O)[O-])c(-c2nc3c4sc5nc(C(F)F)cc(-c6ccccc6)c5c4ncn3n2)nn1C. The molecular formula is C22H14F2N8O2S. The Morgan fingerprint density at radius 2 is 1.91 bits per heavy atom. The molecule has 0 amide bonds. The lowest BCUT2D eigenvalue weighted by Gasteiger charge is -2.07. The Kier molecular flexibility index (Phi) is 4.57. The molecule has 1 aromatic carbocycles. The van der Waals surface area contributed by atoms with Crippen molar-refractivity contribution in [3.63, 3.8) is 0 Å². The van der Waals surface area contributed by atoms with Crippen molar-refractivity contribution < 1.29 is 13.7 Å². The van der Waals surface area contributed by atoms with Gasteiger partial charge in [-0.1, -0.05) is 30.3 Å². The summed E-state index contributed by atoms with van der Waals surface area (Å²) in [6.07, 6.45) is -1.30. The van der Waals surface area contributed by atoms with Crippen molar-refractivity contribution in [3.8, 4) is 22.6 Å². The van der Waals surface area contributed by atoms with Gasteiger partial charge in [0.05, 0.1) is 10.4 Å². The first kappa shape index (κ1) is 21.2. The molecule has 0 aliphatic rings. The van der Waals surface area contributed by atoms with Crippen LogP contribution < -0.4 is 0 Å². The fraction of sp³-hybridized carbons (Fsp3) is 0.136. The molecule has 5 aromatic heterocycles. The molecule has 0 fully saturated rings. The fourth-order valence-electron chi connectivity index (χ4n) is 4.07. The number of nitrogens with zero attached hydrogens (tertiary/aromatic N) is 8. The number of thiophene rings is 1. The largest absolute Gasteiger partial charge is 0.321 e. The summed E-state index contributed by atoms with van der Waals surface area (Å²) in [5, 5.41) is 20.9. The van der Waals surface area contributed by atoms with Crippen molar-refractivity contribution in [2.45, 2.75) is 13.3 Å². The van der Waals surface area contributed by atoms with Crippen LogP contribution in [-0.2, 0) is 7.05 Å². The Morgan fingerprint density at radius 3 is 2.63 bits per heavy atom. The third kappa shape index (κ3) is 3.15. The number of hydrogen-bond donors (Lipinski definition) is 0. The second-order valence-electron chi connectivity index (χ2n) is 7.83. The van der Waals surface area contributed by atoms with Gasteiger partial charge >= 0.3 is 5.69 Å². The van der Waals surface area contributed by atoms with Gasteiger partial charge in [-0.2, -0.15) is 5.10 Å². The van der Waals surface area contributed by atoms with E-state index in [2.05, 4.69) is 25.1 Å². The average molecular weight is 492 g/mol. The monoisotopic (exact) mass is 492 g/mol. The van der Waals surface area contributed by atoms with Crippen molar-refractivity contribution in [2.24, 2.45) is 7.05 Å². The van der Waals surface area contributed by atoms with E-state index in [4.69, 9.17) is 0 Å². The molecule has 0 bridgehead atoms. The van der Waals surface area contributed by atoms with Crippen molar-refractivity contribution in [1.29, 1.82) is 0 Å². The van der Waals surface area contributed by atoms with Gasteiger partial charge in [-0.25, -0.2) is 28.2 Å². The quantitative estimate of drug-likeness (QED) is 0.248. The Bertz CT molecular complexity index is 1790. The van der Waals surface area contributed by atoms with E-state index in [0.717, 1.165) is 5.56 Å². The molecule has 0 aliphatic heterocycles. The van der Waals surface area contributed by atoms with E-state index in [9.17, 15) is 18.9 Å². The molecule has 0 radical (unpaired) electrons. The predicted octanol–water partition coefficient (Wildman–Crippen LogP) is 5.11. The van der Waals surface area contributed by atoms with Gasteiger partial charge in [0, 0.05) is 12.4 Å². The predicted molar refractivity (Wildman–Crippen MR) is 125 cm³/mol. The molecule has 6 rings (SSSR count). The van der Waals surface area contributed by atoms with Gasteiger partial charge in [0.25, 0.3) is 6.43 Å². The van der Waals surface area contributed by atoms with Crippen LogP contribution in [0.3, 0.4) is 0 Å². The first-order valence-electron chi connectivity index (χ1n) is 10.3. The Hall–Kier alpha value is -4.39. The molecule has 0 aliphatic carbocycles. The van der Waals surface area contributed by atoms with Crippen molar-refractivity contribution in [2.75, 3.05) is 0 Å². The van der Waals surface area contributed by atoms with Crippen LogP contribution in [0.5, 0.6) is 0 Å². The average Bonchev–Trinajstić information content (AvgIpc) is 3.52. The number of rotatable bonds is 4. The first-order valence-corrected chi connectivity index (χ1v) is 11.2. The Labute approximate surface area is 198 Å². The van der Waals surface area contributed by atoms with Crippen LogP contribution >= 0.6 is 11.3 Å². The van der Waals surface area contributed by atoms with Crippen LogP contribution in [0.1, 0.15) is 17.8 Å². The number of aromatic nitrogens is 7. The molecule has 0 N–H and O–H groups in total. The zero-order valence-corrected chi connectivity index (χ0v) is 19.0. The minimum absolute atomic E-state index is 0.0380. The highest BCUT2D eigenvalue weighted by molar-refractivity contribution is 7.26. The standard InChI is InChI=1S/C22H14F2N8O2S/c1-10-17(32(33)34)16(28-30(10)2)20-27-21-18-15(25-9-31(21)29-20)14-12(11-6-4-3-5-7-11)8-13(19(23)24)26-22(14)35-18/h3-9,19H,1-2H3. The minimum atomic E-state index is -2.74. The molecule has 35 heavy (non-hydrogen) atoms. The summed E-state index contributed by atoms with van der Waals surface area (Å²) in [6, 6.07) is 10.6. The number of hydrogen-bond acceptors (Lipinski definition) is 8. The first-order chi connectivity index (χ1) is 16.8. The Balaban J connectivity index is 1.66. The summed E-state index contributed by atoms with van der Waals surface area (Å²) < 4.78 is 30.7. The number of aryl methyl sites for hydroxylation is 1. The summed E-state index contributed by atoms with van der Waals surface area (Å²) >= 11 is 1.17. The van der Waals surface area contributed by atoms with Gasteiger partial charge in [0.15, 0.2) is 5.65 Å². The summed E-state index contributed by atoms with van der Waals surface area (Å²) in [4.78, 5) is 24.8. The summed E-state index contributed by atoms with van der Waals surface area (Å²) in [7, 11) is 1.60. The van der Waals surface area contributed by atoms with Crippen LogP contribution in [0.4, 0.5) is 14.5 Å². The van der Waals surface area contributed by atoms with Gasteiger partial charge in [0.1, 0.15) is 27.2 Å². The summed E-state index contributed by atoms with van der Waals surface area (Å²) in [6.45, 7) is 1.59. The number of halogens is 2. The molecule has 0 unspecified atom stereocenters. The molecule has 0 atom stereocenters. The molecular weight excluding hydrogens is 478 g/mol. The van der Waals surface area contributed by atoms with E-state index in [1.165, 1.54) is 32.9 Å². The topological polar surface area (TPSA) is 117 Å². The molecule has 10 nitrogen and oxygen atoms in total. The maximum Gasteiger partial charge on any atom is 0.321 e. The molecule has 5 heterocycles. The highest BCUT2D eigenvalue weighted by atomic mass is 32.1. The van der Waals surface area contributed by atoms with Crippen LogP contribution in [-0.4, -0.2) is 39.3 Å². The van der Waals surface area contributed by atoms with Crippen molar-refractivity contribution in [1.82, 2.24) is 34.3 Å². The van der Waals surface area contributed by atoms with E-state index in [1.54, 1.807) is 14.0 Å².